The van der Waals surface area contributed by atoms with Crippen molar-refractivity contribution in [2.24, 2.45) is 0 Å². The van der Waals surface area contributed by atoms with Crippen molar-refractivity contribution in [3.8, 4) is 11.1 Å². The number of hydrogen-bond donors (Lipinski definition) is 5. The smallest absolute Gasteiger partial charge is 0.408 e. The predicted octanol–water partition coefficient (Wildman–Crippen LogP) is 5.85. The Labute approximate surface area is 275 Å². The Morgan fingerprint density at radius 3 is 1.83 bits per heavy atom. The molecular weight excluding hydrogens is 592 g/mol. The Hall–Kier alpha value is -5.15. The van der Waals surface area contributed by atoms with Crippen molar-refractivity contribution in [3.05, 3.63) is 131 Å². The highest BCUT2D eigenvalue weighted by Gasteiger charge is 2.32. The van der Waals surface area contributed by atoms with E-state index in [0.717, 1.165) is 59.2 Å². The van der Waals surface area contributed by atoms with Gasteiger partial charge in [-0.1, -0.05) is 116 Å². The molecule has 0 fully saturated rings. The van der Waals surface area contributed by atoms with E-state index in [0.29, 0.717) is 25.9 Å². The van der Waals surface area contributed by atoms with E-state index < -0.39 is 24.3 Å². The van der Waals surface area contributed by atoms with E-state index in [-0.39, 0.29) is 11.9 Å². The largest absolute Gasteiger partial charge is 0.465 e. The molecule has 2 atom stereocenters. The molecule has 9 heteroatoms. The number of fused-ring (bicyclic) bond motifs is 3. The van der Waals surface area contributed by atoms with Crippen molar-refractivity contribution < 1.29 is 24.2 Å². The first-order chi connectivity index (χ1) is 23.0. The van der Waals surface area contributed by atoms with Crippen LogP contribution in [0.5, 0.6) is 0 Å². The first-order valence-electron chi connectivity index (χ1n) is 16.2. The van der Waals surface area contributed by atoms with Gasteiger partial charge in [-0.05, 0) is 48.1 Å². The standard InChI is InChI=1S/C38H42N4O5/c43-36(40-23-13-3-12-22-39-26-29(41-37(44)45)24-27-14-4-1-5-15-27)34(25-28-16-6-2-7-17-28)42-38(46)47-35-32-20-10-8-18-30(32)31-19-9-11-21-33(31)35/h1-2,4-11,14-21,29,34-35,39,41H,3,12-13,22-26H2,(H,40,43)(H,42,46)(H,44,45). The predicted molar refractivity (Wildman–Crippen MR) is 182 cm³/mol. The molecule has 4 aromatic rings. The number of carbonyl (C=O) groups excluding carboxylic acids is 2. The molecule has 5 N–H and O–H groups in total. The number of unbranched alkanes of at least 4 members (excludes halogenated alkanes) is 2. The van der Waals surface area contributed by atoms with Crippen LogP contribution in [0.2, 0.25) is 0 Å². The van der Waals surface area contributed by atoms with Gasteiger partial charge in [0, 0.05) is 36.7 Å². The van der Waals surface area contributed by atoms with Crippen molar-refractivity contribution in [2.75, 3.05) is 19.6 Å². The Morgan fingerprint density at radius 1 is 0.660 bits per heavy atom. The zero-order valence-electron chi connectivity index (χ0n) is 26.4. The lowest BCUT2D eigenvalue weighted by Crippen LogP contribution is -2.48. The van der Waals surface area contributed by atoms with E-state index in [1.54, 1.807) is 0 Å². The zero-order chi connectivity index (χ0) is 32.8. The fourth-order valence-electron chi connectivity index (χ4n) is 5.99. The van der Waals surface area contributed by atoms with Crippen LogP contribution in [0.3, 0.4) is 0 Å². The van der Waals surface area contributed by atoms with Gasteiger partial charge in [0.2, 0.25) is 5.91 Å². The molecule has 0 saturated carbocycles. The molecule has 3 amide bonds. The van der Waals surface area contributed by atoms with Gasteiger partial charge in [0.15, 0.2) is 6.10 Å². The normalized spacial score (nSPS) is 13.1. The summed E-state index contributed by atoms with van der Waals surface area (Å²) < 4.78 is 5.96. The maximum atomic E-state index is 13.3. The molecule has 0 heterocycles. The average Bonchev–Trinajstić information content (AvgIpc) is 3.39. The lowest BCUT2D eigenvalue weighted by atomic mass is 10.1. The van der Waals surface area contributed by atoms with Gasteiger partial charge in [-0.15, -0.1) is 0 Å². The lowest BCUT2D eigenvalue weighted by molar-refractivity contribution is -0.123. The van der Waals surface area contributed by atoms with Gasteiger partial charge in [-0.25, -0.2) is 9.59 Å². The van der Waals surface area contributed by atoms with Crippen LogP contribution in [0.1, 0.15) is 47.6 Å². The van der Waals surface area contributed by atoms with Crippen LogP contribution in [0.25, 0.3) is 11.1 Å². The highest BCUT2D eigenvalue weighted by molar-refractivity contribution is 5.86. The molecule has 9 nitrogen and oxygen atoms in total. The van der Waals surface area contributed by atoms with Gasteiger partial charge >= 0.3 is 12.2 Å². The molecule has 0 aliphatic heterocycles. The van der Waals surface area contributed by atoms with Crippen LogP contribution in [0.4, 0.5) is 9.59 Å². The maximum absolute atomic E-state index is 13.3. The maximum Gasteiger partial charge on any atom is 0.408 e. The third-order valence-electron chi connectivity index (χ3n) is 8.27. The summed E-state index contributed by atoms with van der Waals surface area (Å²) in [5.74, 6) is -0.264. The SMILES string of the molecule is O=C(O)NC(CNCCCCCNC(=O)C(Cc1ccccc1)NC(=O)OC1c2ccccc2-c2ccccc21)Cc1ccccc1. The Bertz CT molecular complexity index is 1570. The summed E-state index contributed by atoms with van der Waals surface area (Å²) in [5.41, 5.74) is 5.93. The molecular formula is C38H42N4O5. The van der Waals surface area contributed by atoms with E-state index in [9.17, 15) is 19.5 Å². The van der Waals surface area contributed by atoms with Gasteiger partial charge in [-0.3, -0.25) is 4.79 Å². The summed E-state index contributed by atoms with van der Waals surface area (Å²) in [6.07, 6.45) is 1.23. The number of hydrogen-bond acceptors (Lipinski definition) is 5. The molecule has 244 valence electrons. The highest BCUT2D eigenvalue weighted by atomic mass is 16.6. The second kappa shape index (κ2) is 17.0. The third kappa shape index (κ3) is 9.67. The minimum atomic E-state index is -1.04. The van der Waals surface area contributed by atoms with Crippen LogP contribution >= 0.6 is 0 Å². The van der Waals surface area contributed by atoms with E-state index in [1.165, 1.54) is 0 Å². The van der Waals surface area contributed by atoms with Gasteiger partial charge in [0.05, 0.1) is 0 Å². The second-order valence-electron chi connectivity index (χ2n) is 11.7. The van der Waals surface area contributed by atoms with Crippen molar-refractivity contribution in [3.63, 3.8) is 0 Å². The average molecular weight is 635 g/mol. The first-order valence-corrected chi connectivity index (χ1v) is 16.2. The van der Waals surface area contributed by atoms with Crippen LogP contribution < -0.4 is 21.3 Å². The molecule has 2 unspecified atom stereocenters. The quantitative estimate of drug-likeness (QED) is 0.0985. The number of carbonyl (C=O) groups is 3. The van der Waals surface area contributed by atoms with Gasteiger partial charge in [0.25, 0.3) is 0 Å². The topological polar surface area (TPSA) is 129 Å². The van der Waals surface area contributed by atoms with Crippen molar-refractivity contribution in [2.45, 2.75) is 50.3 Å². The number of rotatable bonds is 16. The van der Waals surface area contributed by atoms with Crippen LogP contribution in [0, 0.1) is 0 Å². The summed E-state index contributed by atoms with van der Waals surface area (Å²) in [4.78, 5) is 37.8. The first kappa shape index (κ1) is 33.2. The molecule has 0 bridgehead atoms. The molecule has 5 rings (SSSR count). The summed E-state index contributed by atoms with van der Waals surface area (Å²) in [7, 11) is 0. The lowest BCUT2D eigenvalue weighted by Gasteiger charge is -2.21. The van der Waals surface area contributed by atoms with Crippen LogP contribution in [0.15, 0.2) is 109 Å². The molecule has 0 aromatic heterocycles. The van der Waals surface area contributed by atoms with Crippen molar-refractivity contribution in [1.82, 2.24) is 21.3 Å². The molecule has 1 aliphatic rings. The van der Waals surface area contributed by atoms with Crippen molar-refractivity contribution in [1.29, 1.82) is 0 Å². The number of benzene rings is 4. The number of ether oxygens (including phenoxy) is 1. The van der Waals surface area contributed by atoms with Crippen LogP contribution in [-0.2, 0) is 22.4 Å². The van der Waals surface area contributed by atoms with Gasteiger partial charge in [0.1, 0.15) is 6.04 Å². The highest BCUT2D eigenvalue weighted by Crippen LogP contribution is 2.45. The fraction of sp³-hybridized carbons (Fsp3) is 0.289. The molecule has 0 radical (unpaired) electrons. The number of nitrogens with one attached hydrogen (secondary N) is 4. The Balaban J connectivity index is 1.08. The summed E-state index contributed by atoms with van der Waals surface area (Å²) >= 11 is 0. The summed E-state index contributed by atoms with van der Waals surface area (Å²) in [5, 5.41) is 21.0. The Kier molecular flexibility index (Phi) is 12.0. The second-order valence-corrected chi connectivity index (χ2v) is 11.7. The van der Waals surface area contributed by atoms with E-state index in [1.807, 2.05) is 109 Å². The number of alkyl carbamates (subject to hydrolysis) is 1. The van der Waals surface area contributed by atoms with Gasteiger partial charge < -0.3 is 31.1 Å². The van der Waals surface area contributed by atoms with E-state index in [4.69, 9.17) is 4.74 Å². The van der Waals surface area contributed by atoms with Crippen LogP contribution in [-0.4, -0.2) is 54.9 Å². The fourth-order valence-corrected chi connectivity index (χ4v) is 5.99. The molecule has 1 aliphatic carbocycles. The molecule has 0 spiro atoms. The minimum absolute atomic E-state index is 0.229. The van der Waals surface area contributed by atoms with Crippen molar-refractivity contribution >= 4 is 18.1 Å². The Morgan fingerprint density at radius 2 is 1.21 bits per heavy atom. The number of amides is 3. The minimum Gasteiger partial charge on any atom is -0.465 e. The summed E-state index contributed by atoms with van der Waals surface area (Å²) in [6.45, 7) is 1.73. The van der Waals surface area contributed by atoms with E-state index in [2.05, 4.69) is 21.3 Å². The van der Waals surface area contributed by atoms with E-state index >= 15 is 0 Å². The molecule has 4 aromatic carbocycles. The molecule has 0 saturated heterocycles. The van der Waals surface area contributed by atoms with Gasteiger partial charge in [-0.2, -0.15) is 0 Å². The third-order valence-corrected chi connectivity index (χ3v) is 8.27. The zero-order valence-corrected chi connectivity index (χ0v) is 26.4. The molecule has 47 heavy (non-hydrogen) atoms. The monoisotopic (exact) mass is 634 g/mol. The summed E-state index contributed by atoms with van der Waals surface area (Å²) in [6, 6.07) is 34.1. The number of carboxylic acid groups (broad SMARTS) is 1.